The number of rotatable bonds is 1. The summed E-state index contributed by atoms with van der Waals surface area (Å²) in [5, 5.41) is 0. The molecule has 0 N–H and O–H groups in total. The third-order valence-electron chi connectivity index (χ3n) is 2.53. The fourth-order valence-electron chi connectivity index (χ4n) is 1.80. The van der Waals surface area contributed by atoms with E-state index in [0.29, 0.717) is 18.7 Å². The minimum absolute atomic E-state index is 0.227. The van der Waals surface area contributed by atoms with E-state index in [9.17, 15) is 8.42 Å². The molecule has 1 aliphatic rings. The van der Waals surface area contributed by atoms with Gasteiger partial charge in [0.15, 0.2) is 0 Å². The van der Waals surface area contributed by atoms with Gasteiger partial charge in [-0.2, -0.15) is 0 Å². The zero-order valence-electron chi connectivity index (χ0n) is 9.19. The first-order chi connectivity index (χ1) is 8.13. The second-order valence-electron chi connectivity index (χ2n) is 3.73. The van der Waals surface area contributed by atoms with Gasteiger partial charge in [0.1, 0.15) is 0 Å². The van der Waals surface area contributed by atoms with Crippen LogP contribution < -0.4 is 4.31 Å². The van der Waals surface area contributed by atoms with Crippen molar-refractivity contribution in [3.8, 4) is 11.8 Å². The smallest absolute Gasteiger partial charge is 0.235 e. The van der Waals surface area contributed by atoms with Crippen molar-refractivity contribution in [3.05, 3.63) is 29.8 Å². The number of hydrogen-bond acceptors (Lipinski definition) is 2. The molecule has 1 aromatic rings. The molecule has 5 heteroatoms. The summed E-state index contributed by atoms with van der Waals surface area (Å²) in [6, 6.07) is 7.21. The van der Waals surface area contributed by atoms with Crippen LogP contribution >= 0.6 is 11.6 Å². The molecule has 90 valence electrons. The lowest BCUT2D eigenvalue weighted by Gasteiger charge is -2.16. The highest BCUT2D eigenvalue weighted by Gasteiger charge is 2.28. The third kappa shape index (κ3) is 2.74. The Hall–Kier alpha value is -1.18. The van der Waals surface area contributed by atoms with Crippen molar-refractivity contribution in [2.45, 2.75) is 6.42 Å². The minimum atomic E-state index is -3.12. The fraction of sp³-hybridized carbons (Fsp3) is 0.333. The summed E-state index contributed by atoms with van der Waals surface area (Å²) < 4.78 is 25.0. The van der Waals surface area contributed by atoms with Crippen molar-refractivity contribution >= 4 is 27.3 Å². The molecular formula is C12H12ClNO2S. The highest BCUT2D eigenvalue weighted by molar-refractivity contribution is 7.93. The van der Waals surface area contributed by atoms with Crippen LogP contribution in [-0.2, 0) is 10.0 Å². The molecule has 17 heavy (non-hydrogen) atoms. The molecule has 2 rings (SSSR count). The van der Waals surface area contributed by atoms with Gasteiger partial charge in [0, 0.05) is 12.1 Å². The summed E-state index contributed by atoms with van der Waals surface area (Å²) in [7, 11) is -3.12. The van der Waals surface area contributed by atoms with Gasteiger partial charge in [-0.25, -0.2) is 8.42 Å². The summed E-state index contributed by atoms with van der Waals surface area (Å²) >= 11 is 5.48. The van der Waals surface area contributed by atoms with Crippen LogP contribution in [0.25, 0.3) is 0 Å². The van der Waals surface area contributed by atoms with Crippen LogP contribution in [0, 0.1) is 11.8 Å². The summed E-state index contributed by atoms with van der Waals surface area (Å²) in [6.07, 6.45) is 0.680. The van der Waals surface area contributed by atoms with E-state index in [1.807, 2.05) is 6.07 Å². The summed E-state index contributed by atoms with van der Waals surface area (Å²) in [6.45, 7) is 0.550. The maximum Gasteiger partial charge on any atom is 0.235 e. The Balaban J connectivity index is 2.34. The zero-order valence-corrected chi connectivity index (χ0v) is 10.8. The molecule has 0 spiro atoms. The lowest BCUT2D eigenvalue weighted by Crippen LogP contribution is -2.24. The van der Waals surface area contributed by atoms with Crippen LogP contribution in [-0.4, -0.2) is 26.6 Å². The predicted octanol–water partition coefficient (Wildman–Crippen LogP) is 1.82. The monoisotopic (exact) mass is 269 g/mol. The number of sulfonamides is 1. The van der Waals surface area contributed by atoms with Gasteiger partial charge in [0.2, 0.25) is 10.0 Å². The molecule has 0 radical (unpaired) electrons. The summed E-state index contributed by atoms with van der Waals surface area (Å²) in [5.74, 6) is 6.13. The van der Waals surface area contributed by atoms with Gasteiger partial charge in [-0.3, -0.25) is 4.31 Å². The SMILES string of the molecule is O=S1(=O)CCCN1c1cccc(C#CCCl)c1. The van der Waals surface area contributed by atoms with Gasteiger partial charge < -0.3 is 0 Å². The molecule has 1 aliphatic heterocycles. The van der Waals surface area contributed by atoms with E-state index in [1.54, 1.807) is 18.2 Å². The molecule has 0 aromatic heterocycles. The Labute approximate surface area is 106 Å². The van der Waals surface area contributed by atoms with Crippen LogP contribution in [0.3, 0.4) is 0 Å². The summed E-state index contributed by atoms with van der Waals surface area (Å²) in [4.78, 5) is 0. The van der Waals surface area contributed by atoms with E-state index >= 15 is 0 Å². The Morgan fingerprint density at radius 1 is 1.41 bits per heavy atom. The average Bonchev–Trinajstić information content (AvgIpc) is 2.67. The lowest BCUT2D eigenvalue weighted by atomic mass is 10.2. The first-order valence-corrected chi connectivity index (χ1v) is 7.43. The van der Waals surface area contributed by atoms with Crippen LogP contribution in [0.4, 0.5) is 5.69 Å². The first-order valence-electron chi connectivity index (χ1n) is 5.29. The number of anilines is 1. The van der Waals surface area contributed by atoms with Crippen LogP contribution in [0.15, 0.2) is 24.3 Å². The topological polar surface area (TPSA) is 37.4 Å². The Kier molecular flexibility index (Phi) is 3.60. The standard InChI is InChI=1S/C12H12ClNO2S/c13-7-2-5-11-4-1-6-12(10-11)14-8-3-9-17(14,15)16/h1,4,6,10H,3,7-9H2. The molecule has 0 atom stereocenters. The van der Waals surface area contributed by atoms with Crippen LogP contribution in [0.2, 0.25) is 0 Å². The largest absolute Gasteiger partial charge is 0.270 e. The van der Waals surface area contributed by atoms with E-state index in [4.69, 9.17) is 11.6 Å². The molecule has 0 unspecified atom stereocenters. The number of benzene rings is 1. The predicted molar refractivity (Wildman–Crippen MR) is 69.8 cm³/mol. The normalized spacial score (nSPS) is 17.6. The molecule has 1 aromatic carbocycles. The first kappa shape index (κ1) is 12.3. The van der Waals surface area contributed by atoms with Crippen molar-refractivity contribution in [2.75, 3.05) is 22.5 Å². The van der Waals surface area contributed by atoms with Gasteiger partial charge >= 0.3 is 0 Å². The van der Waals surface area contributed by atoms with Crippen molar-refractivity contribution in [2.24, 2.45) is 0 Å². The molecular weight excluding hydrogens is 258 g/mol. The maximum atomic E-state index is 11.8. The number of halogens is 1. The Morgan fingerprint density at radius 2 is 2.24 bits per heavy atom. The Morgan fingerprint density at radius 3 is 2.88 bits per heavy atom. The van der Waals surface area contributed by atoms with Crippen molar-refractivity contribution in [1.82, 2.24) is 0 Å². The molecule has 0 amide bonds. The molecule has 0 bridgehead atoms. The van der Waals surface area contributed by atoms with Gasteiger partial charge in [-0.15, -0.1) is 11.6 Å². The fourth-order valence-corrected chi connectivity index (χ4v) is 3.43. The zero-order chi connectivity index (χ0) is 12.3. The second kappa shape index (κ2) is 4.99. The van der Waals surface area contributed by atoms with E-state index in [2.05, 4.69) is 11.8 Å². The number of nitrogens with zero attached hydrogens (tertiary/aromatic N) is 1. The minimum Gasteiger partial charge on any atom is -0.270 e. The lowest BCUT2D eigenvalue weighted by molar-refractivity contribution is 0.599. The third-order valence-corrected chi connectivity index (χ3v) is 4.54. The molecule has 3 nitrogen and oxygen atoms in total. The van der Waals surface area contributed by atoms with Gasteiger partial charge in [-0.1, -0.05) is 17.9 Å². The number of hydrogen-bond donors (Lipinski definition) is 0. The van der Waals surface area contributed by atoms with Crippen molar-refractivity contribution in [3.63, 3.8) is 0 Å². The second-order valence-corrected chi connectivity index (χ2v) is 6.01. The molecule has 0 saturated carbocycles. The van der Waals surface area contributed by atoms with Crippen LogP contribution in [0.5, 0.6) is 0 Å². The van der Waals surface area contributed by atoms with E-state index in [0.717, 1.165) is 5.56 Å². The number of alkyl halides is 1. The van der Waals surface area contributed by atoms with Gasteiger partial charge in [0.05, 0.1) is 17.3 Å². The molecule has 0 aliphatic carbocycles. The van der Waals surface area contributed by atoms with Crippen molar-refractivity contribution in [1.29, 1.82) is 0 Å². The maximum absolute atomic E-state index is 11.8. The van der Waals surface area contributed by atoms with Gasteiger partial charge in [-0.05, 0) is 24.6 Å². The summed E-state index contributed by atoms with van der Waals surface area (Å²) in [5.41, 5.74) is 1.47. The van der Waals surface area contributed by atoms with E-state index in [1.165, 1.54) is 4.31 Å². The highest BCUT2D eigenvalue weighted by atomic mass is 35.5. The van der Waals surface area contributed by atoms with E-state index < -0.39 is 10.0 Å². The van der Waals surface area contributed by atoms with E-state index in [-0.39, 0.29) is 11.6 Å². The molecule has 1 saturated heterocycles. The highest BCUT2D eigenvalue weighted by Crippen LogP contribution is 2.24. The molecule has 1 heterocycles. The molecule has 1 fully saturated rings. The Bertz CT molecular complexity index is 572. The van der Waals surface area contributed by atoms with Gasteiger partial charge in [0.25, 0.3) is 0 Å². The van der Waals surface area contributed by atoms with Crippen molar-refractivity contribution < 1.29 is 8.42 Å². The quantitative estimate of drug-likeness (QED) is 0.576. The average molecular weight is 270 g/mol. The van der Waals surface area contributed by atoms with Crippen LogP contribution in [0.1, 0.15) is 12.0 Å².